The van der Waals surface area contributed by atoms with Crippen LogP contribution in [0.4, 0.5) is 4.39 Å². The number of pyridine rings is 1. The van der Waals surface area contributed by atoms with Gasteiger partial charge in [-0.1, -0.05) is 0 Å². The summed E-state index contributed by atoms with van der Waals surface area (Å²) in [5, 5.41) is 1.84. The maximum atomic E-state index is 13.0. The fraction of sp³-hybridized carbons (Fsp3) is 0. The average molecular weight is 186 g/mol. The predicted molar refractivity (Wildman–Crippen MR) is 53.6 cm³/mol. The van der Waals surface area contributed by atoms with Gasteiger partial charge < -0.3 is 4.98 Å². The van der Waals surface area contributed by atoms with Crippen LogP contribution in [0.3, 0.4) is 0 Å². The molecule has 3 aromatic rings. The number of aromatic nitrogens is 2. The molecule has 0 radical (unpaired) electrons. The van der Waals surface area contributed by atoms with Crippen molar-refractivity contribution in [2.75, 3.05) is 0 Å². The number of nitrogens with zero attached hydrogens (tertiary/aromatic N) is 1. The average Bonchev–Trinajstić information content (AvgIpc) is 2.56. The molecule has 3 rings (SSSR count). The Hall–Kier alpha value is -1.90. The Kier molecular flexibility index (Phi) is 1.36. The first kappa shape index (κ1) is 7.50. The minimum atomic E-state index is -0.220. The van der Waals surface area contributed by atoms with Crippen molar-refractivity contribution in [2.24, 2.45) is 0 Å². The highest BCUT2D eigenvalue weighted by molar-refractivity contribution is 6.06. The zero-order chi connectivity index (χ0) is 9.54. The highest BCUT2D eigenvalue weighted by Crippen LogP contribution is 2.24. The molecule has 2 heterocycles. The molecule has 0 fully saturated rings. The zero-order valence-corrected chi connectivity index (χ0v) is 7.29. The summed E-state index contributed by atoms with van der Waals surface area (Å²) >= 11 is 0. The Morgan fingerprint density at radius 1 is 1.07 bits per heavy atom. The van der Waals surface area contributed by atoms with Crippen LogP contribution < -0.4 is 0 Å². The molecule has 0 spiro atoms. The van der Waals surface area contributed by atoms with E-state index in [1.54, 1.807) is 18.5 Å². The van der Waals surface area contributed by atoms with Crippen molar-refractivity contribution in [1.29, 1.82) is 0 Å². The van der Waals surface area contributed by atoms with E-state index in [1.165, 1.54) is 12.1 Å². The van der Waals surface area contributed by atoms with Gasteiger partial charge in [0.05, 0.1) is 0 Å². The predicted octanol–water partition coefficient (Wildman–Crippen LogP) is 2.86. The fourth-order valence-corrected chi connectivity index (χ4v) is 1.71. The second kappa shape index (κ2) is 2.54. The van der Waals surface area contributed by atoms with E-state index in [2.05, 4.69) is 9.97 Å². The van der Waals surface area contributed by atoms with Crippen molar-refractivity contribution >= 4 is 21.8 Å². The minimum Gasteiger partial charge on any atom is -0.354 e. The van der Waals surface area contributed by atoms with Crippen molar-refractivity contribution in [1.82, 2.24) is 9.97 Å². The molecule has 0 unspecified atom stereocenters. The number of benzene rings is 1. The van der Waals surface area contributed by atoms with Crippen LogP contribution in [0.15, 0.2) is 36.7 Å². The van der Waals surface area contributed by atoms with Gasteiger partial charge >= 0.3 is 0 Å². The summed E-state index contributed by atoms with van der Waals surface area (Å²) in [7, 11) is 0. The molecule has 0 amide bonds. The first-order valence-electron chi connectivity index (χ1n) is 4.35. The first-order chi connectivity index (χ1) is 6.84. The molecule has 2 nitrogen and oxygen atoms in total. The van der Waals surface area contributed by atoms with Gasteiger partial charge in [0.15, 0.2) is 0 Å². The molecule has 0 atom stereocenters. The summed E-state index contributed by atoms with van der Waals surface area (Å²) in [6, 6.07) is 6.60. The molecule has 1 aromatic carbocycles. The number of fused-ring (bicyclic) bond motifs is 3. The molecule has 0 aliphatic rings. The minimum absolute atomic E-state index is 0.220. The summed E-state index contributed by atoms with van der Waals surface area (Å²) in [4.78, 5) is 7.22. The molecule has 14 heavy (non-hydrogen) atoms. The summed E-state index contributed by atoms with van der Waals surface area (Å²) < 4.78 is 13.0. The summed E-state index contributed by atoms with van der Waals surface area (Å²) in [6.45, 7) is 0. The number of halogens is 1. The van der Waals surface area contributed by atoms with E-state index in [0.717, 1.165) is 21.8 Å². The van der Waals surface area contributed by atoms with Crippen LogP contribution in [0, 0.1) is 5.82 Å². The Morgan fingerprint density at radius 3 is 2.86 bits per heavy atom. The van der Waals surface area contributed by atoms with Crippen LogP contribution >= 0.6 is 0 Å². The monoisotopic (exact) mass is 186 g/mol. The van der Waals surface area contributed by atoms with E-state index < -0.39 is 0 Å². The standard InChI is InChI=1S/C11H7FN2/c12-7-1-2-10-8(5-7)9-6-13-4-3-11(9)14-10/h1-6,14H. The number of nitrogens with one attached hydrogen (secondary N) is 1. The van der Waals surface area contributed by atoms with Crippen molar-refractivity contribution in [2.45, 2.75) is 0 Å². The van der Waals surface area contributed by atoms with Crippen molar-refractivity contribution in [3.63, 3.8) is 0 Å². The van der Waals surface area contributed by atoms with Gasteiger partial charge in [0, 0.05) is 34.2 Å². The topological polar surface area (TPSA) is 28.7 Å². The van der Waals surface area contributed by atoms with E-state index in [0.29, 0.717) is 0 Å². The smallest absolute Gasteiger partial charge is 0.123 e. The molecule has 3 heteroatoms. The Labute approximate surface area is 79.4 Å². The molecule has 0 saturated carbocycles. The van der Waals surface area contributed by atoms with Crippen molar-refractivity contribution in [3.8, 4) is 0 Å². The zero-order valence-electron chi connectivity index (χ0n) is 7.29. The van der Waals surface area contributed by atoms with Crippen LogP contribution in [0.2, 0.25) is 0 Å². The highest BCUT2D eigenvalue weighted by Gasteiger charge is 2.03. The summed E-state index contributed by atoms with van der Waals surface area (Å²) in [5.74, 6) is -0.220. The lowest BCUT2D eigenvalue weighted by atomic mass is 10.2. The number of hydrogen-bond acceptors (Lipinski definition) is 1. The fourth-order valence-electron chi connectivity index (χ4n) is 1.71. The van der Waals surface area contributed by atoms with Gasteiger partial charge in [-0.25, -0.2) is 4.39 Å². The third kappa shape index (κ3) is 0.923. The van der Waals surface area contributed by atoms with Crippen LogP contribution in [0.5, 0.6) is 0 Å². The molecule has 2 aromatic heterocycles. The maximum Gasteiger partial charge on any atom is 0.123 e. The third-order valence-corrected chi connectivity index (χ3v) is 2.36. The molecule has 0 bridgehead atoms. The van der Waals surface area contributed by atoms with Crippen LogP contribution in [0.25, 0.3) is 21.8 Å². The second-order valence-electron chi connectivity index (χ2n) is 3.24. The van der Waals surface area contributed by atoms with E-state index >= 15 is 0 Å². The van der Waals surface area contributed by atoms with Gasteiger partial charge in [0.1, 0.15) is 5.82 Å². The molecular formula is C11H7FN2. The number of rotatable bonds is 0. The van der Waals surface area contributed by atoms with Gasteiger partial charge in [-0.05, 0) is 24.3 Å². The largest absolute Gasteiger partial charge is 0.354 e. The molecule has 1 N–H and O–H groups in total. The lowest BCUT2D eigenvalue weighted by molar-refractivity contribution is 0.630. The Balaban J connectivity index is 2.58. The van der Waals surface area contributed by atoms with Gasteiger partial charge in [0.25, 0.3) is 0 Å². The van der Waals surface area contributed by atoms with E-state index in [4.69, 9.17) is 0 Å². The lowest BCUT2D eigenvalue weighted by Crippen LogP contribution is -1.72. The van der Waals surface area contributed by atoms with Crippen molar-refractivity contribution < 1.29 is 4.39 Å². The van der Waals surface area contributed by atoms with E-state index in [-0.39, 0.29) is 5.82 Å². The number of hydrogen-bond donors (Lipinski definition) is 1. The molecule has 0 aliphatic heterocycles. The lowest BCUT2D eigenvalue weighted by Gasteiger charge is -1.89. The SMILES string of the molecule is Fc1ccc2[nH]c3ccncc3c2c1. The Bertz CT molecular complexity index is 613. The van der Waals surface area contributed by atoms with Crippen LogP contribution in [-0.2, 0) is 0 Å². The Morgan fingerprint density at radius 2 is 1.93 bits per heavy atom. The van der Waals surface area contributed by atoms with Gasteiger partial charge in [0.2, 0.25) is 0 Å². The summed E-state index contributed by atoms with van der Waals surface area (Å²) in [5.41, 5.74) is 1.93. The normalized spacial score (nSPS) is 11.2. The second-order valence-corrected chi connectivity index (χ2v) is 3.24. The molecule has 0 aliphatic carbocycles. The molecule has 68 valence electrons. The van der Waals surface area contributed by atoms with Crippen molar-refractivity contribution in [3.05, 3.63) is 42.5 Å². The first-order valence-corrected chi connectivity index (χ1v) is 4.35. The molecule has 0 saturated heterocycles. The maximum absolute atomic E-state index is 13.0. The van der Waals surface area contributed by atoms with Gasteiger partial charge in [-0.3, -0.25) is 4.98 Å². The van der Waals surface area contributed by atoms with E-state index in [9.17, 15) is 4.39 Å². The number of aromatic amines is 1. The highest BCUT2D eigenvalue weighted by atomic mass is 19.1. The van der Waals surface area contributed by atoms with Gasteiger partial charge in [-0.15, -0.1) is 0 Å². The van der Waals surface area contributed by atoms with Gasteiger partial charge in [-0.2, -0.15) is 0 Å². The quantitative estimate of drug-likeness (QED) is 0.574. The third-order valence-electron chi connectivity index (χ3n) is 2.36. The van der Waals surface area contributed by atoms with Crippen LogP contribution in [-0.4, -0.2) is 9.97 Å². The molecular weight excluding hydrogens is 179 g/mol. The summed E-state index contributed by atoms with van der Waals surface area (Å²) in [6.07, 6.45) is 3.46. The van der Waals surface area contributed by atoms with E-state index in [1.807, 2.05) is 6.07 Å². The van der Waals surface area contributed by atoms with Crippen LogP contribution in [0.1, 0.15) is 0 Å². The number of H-pyrrole nitrogens is 1.